The number of nitrogens with one attached hydrogen (secondary N) is 1. The summed E-state index contributed by atoms with van der Waals surface area (Å²) in [5.74, 6) is -1.67. The molecule has 2 rings (SSSR count). The summed E-state index contributed by atoms with van der Waals surface area (Å²) in [6.45, 7) is 2.07. The lowest BCUT2D eigenvalue weighted by Gasteiger charge is -2.24. The van der Waals surface area contributed by atoms with Gasteiger partial charge >= 0.3 is 6.18 Å². The minimum Gasteiger partial charge on any atom is -0.373 e. The molecule has 0 spiro atoms. The van der Waals surface area contributed by atoms with Gasteiger partial charge in [-0.15, -0.1) is 0 Å². The van der Waals surface area contributed by atoms with Gasteiger partial charge in [-0.05, 0) is 55.8 Å². The third kappa shape index (κ3) is 3.88. The van der Waals surface area contributed by atoms with Crippen LogP contribution in [0.1, 0.15) is 12.5 Å². The molecular weight excluding hydrogens is 371 g/mol. The number of sulfone groups is 1. The lowest BCUT2D eigenvalue weighted by Crippen LogP contribution is -2.52. The van der Waals surface area contributed by atoms with Gasteiger partial charge in [-0.1, -0.05) is 12.1 Å². The Balaban J connectivity index is 2.25. The van der Waals surface area contributed by atoms with Crippen molar-refractivity contribution < 1.29 is 31.5 Å². The molecule has 1 unspecified atom stereocenters. The van der Waals surface area contributed by atoms with Crippen molar-refractivity contribution in [2.75, 3.05) is 5.32 Å². The Hall–Kier alpha value is -2.39. The highest BCUT2D eigenvalue weighted by Crippen LogP contribution is 2.31. The molecule has 0 saturated heterocycles. The number of benzene rings is 2. The van der Waals surface area contributed by atoms with E-state index in [-0.39, 0.29) is 15.5 Å². The molecular formula is C17H16F3NO4S. The monoisotopic (exact) mass is 387 g/mol. The Morgan fingerprint density at radius 3 is 2.12 bits per heavy atom. The van der Waals surface area contributed by atoms with Gasteiger partial charge < -0.3 is 10.4 Å². The van der Waals surface area contributed by atoms with Crippen molar-refractivity contribution in [1.82, 2.24) is 0 Å². The predicted molar refractivity (Wildman–Crippen MR) is 88.4 cm³/mol. The minimum atomic E-state index is -5.15. The molecule has 0 aliphatic carbocycles. The average Bonchev–Trinajstić information content (AvgIpc) is 2.54. The van der Waals surface area contributed by atoms with Crippen LogP contribution in [-0.2, 0) is 14.6 Å². The standard InChI is InChI=1S/C17H16F3NO4S/c1-11-4-3-5-14(10-11)26(24,25)13-8-6-12(7-9-13)21-15(22)16(2,23)17(18,19)20/h3-10,23H,1-2H3,(H,21,22). The molecule has 0 aromatic heterocycles. The number of amides is 1. The SMILES string of the molecule is Cc1cccc(S(=O)(=O)c2ccc(NC(=O)C(C)(O)C(F)(F)F)cc2)c1. The third-order valence-electron chi connectivity index (χ3n) is 3.72. The van der Waals surface area contributed by atoms with Gasteiger partial charge in [0.15, 0.2) is 0 Å². The van der Waals surface area contributed by atoms with Gasteiger partial charge in [0.05, 0.1) is 9.79 Å². The fourth-order valence-corrected chi connectivity index (χ4v) is 3.38. The van der Waals surface area contributed by atoms with Crippen LogP contribution in [0.4, 0.5) is 18.9 Å². The maximum Gasteiger partial charge on any atom is 0.426 e. The second-order valence-corrected chi connectivity index (χ2v) is 7.82. The summed E-state index contributed by atoms with van der Waals surface area (Å²) in [6.07, 6.45) is -5.15. The Bertz CT molecular complexity index is 920. The molecule has 0 radical (unpaired) electrons. The van der Waals surface area contributed by atoms with Crippen molar-refractivity contribution in [2.45, 2.75) is 35.4 Å². The van der Waals surface area contributed by atoms with E-state index in [1.165, 1.54) is 12.1 Å². The molecule has 0 aliphatic heterocycles. The number of carbonyl (C=O) groups is 1. The predicted octanol–water partition coefficient (Wildman–Crippen LogP) is 3.08. The number of rotatable bonds is 4. The fraction of sp³-hybridized carbons (Fsp3) is 0.235. The van der Waals surface area contributed by atoms with Gasteiger partial charge in [0, 0.05) is 5.69 Å². The van der Waals surface area contributed by atoms with Crippen LogP contribution in [-0.4, -0.2) is 31.2 Å². The molecule has 26 heavy (non-hydrogen) atoms. The summed E-state index contributed by atoms with van der Waals surface area (Å²) in [7, 11) is -3.80. The molecule has 0 heterocycles. The number of aliphatic hydroxyl groups is 1. The van der Waals surface area contributed by atoms with Crippen molar-refractivity contribution >= 4 is 21.4 Å². The topological polar surface area (TPSA) is 83.5 Å². The summed E-state index contributed by atoms with van der Waals surface area (Å²) >= 11 is 0. The molecule has 140 valence electrons. The first-order valence-corrected chi connectivity index (χ1v) is 8.86. The van der Waals surface area contributed by atoms with Crippen LogP contribution in [0.25, 0.3) is 0 Å². The van der Waals surface area contributed by atoms with Crippen LogP contribution in [0.5, 0.6) is 0 Å². The van der Waals surface area contributed by atoms with E-state index in [1.54, 1.807) is 19.1 Å². The lowest BCUT2D eigenvalue weighted by atomic mass is 10.1. The zero-order valence-electron chi connectivity index (χ0n) is 13.8. The molecule has 2 aromatic carbocycles. The highest BCUT2D eigenvalue weighted by Gasteiger charge is 2.55. The van der Waals surface area contributed by atoms with Gasteiger partial charge in [0.2, 0.25) is 15.4 Å². The van der Waals surface area contributed by atoms with Crippen molar-refractivity contribution in [3.05, 3.63) is 54.1 Å². The molecule has 9 heteroatoms. The zero-order chi connectivity index (χ0) is 19.8. The second kappa shape index (κ2) is 6.73. The summed E-state index contributed by atoms with van der Waals surface area (Å²) in [5, 5.41) is 11.2. The highest BCUT2D eigenvalue weighted by atomic mass is 32.2. The number of alkyl halides is 3. The Kier molecular flexibility index (Phi) is 5.16. The summed E-state index contributed by atoms with van der Waals surface area (Å²) < 4.78 is 63.0. The van der Waals surface area contributed by atoms with Crippen LogP contribution >= 0.6 is 0 Å². The highest BCUT2D eigenvalue weighted by molar-refractivity contribution is 7.91. The largest absolute Gasteiger partial charge is 0.426 e. The third-order valence-corrected chi connectivity index (χ3v) is 5.48. The molecule has 0 aliphatic rings. The number of anilines is 1. The van der Waals surface area contributed by atoms with E-state index in [2.05, 4.69) is 0 Å². The Morgan fingerprint density at radius 1 is 1.04 bits per heavy atom. The van der Waals surface area contributed by atoms with Crippen LogP contribution in [0.2, 0.25) is 0 Å². The molecule has 0 bridgehead atoms. The molecule has 0 fully saturated rings. The number of aryl methyl sites for hydroxylation is 1. The molecule has 5 nitrogen and oxygen atoms in total. The van der Waals surface area contributed by atoms with Crippen molar-refractivity contribution in [2.24, 2.45) is 0 Å². The van der Waals surface area contributed by atoms with E-state index >= 15 is 0 Å². The van der Waals surface area contributed by atoms with Gasteiger partial charge in [-0.3, -0.25) is 4.79 Å². The normalized spacial score (nSPS) is 14.5. The lowest BCUT2D eigenvalue weighted by molar-refractivity contribution is -0.242. The van der Waals surface area contributed by atoms with E-state index in [1.807, 2.05) is 5.32 Å². The average molecular weight is 387 g/mol. The number of hydrogen-bond acceptors (Lipinski definition) is 4. The molecule has 1 atom stereocenters. The summed E-state index contributed by atoms with van der Waals surface area (Å²) in [5.41, 5.74) is -2.90. The van der Waals surface area contributed by atoms with Crippen molar-refractivity contribution in [1.29, 1.82) is 0 Å². The molecule has 1 amide bonds. The van der Waals surface area contributed by atoms with Gasteiger partial charge in [0.1, 0.15) is 0 Å². The van der Waals surface area contributed by atoms with Crippen LogP contribution < -0.4 is 5.32 Å². The molecule has 2 N–H and O–H groups in total. The van der Waals surface area contributed by atoms with Crippen LogP contribution in [0.3, 0.4) is 0 Å². The minimum absolute atomic E-state index is 0.0780. The maximum atomic E-state index is 12.6. The zero-order valence-corrected chi connectivity index (χ0v) is 14.6. The van der Waals surface area contributed by atoms with Gasteiger partial charge in [-0.2, -0.15) is 13.2 Å². The van der Waals surface area contributed by atoms with Crippen molar-refractivity contribution in [3.8, 4) is 0 Å². The van der Waals surface area contributed by atoms with E-state index in [9.17, 15) is 31.5 Å². The van der Waals surface area contributed by atoms with Crippen molar-refractivity contribution in [3.63, 3.8) is 0 Å². The second-order valence-electron chi connectivity index (χ2n) is 5.87. The number of hydrogen-bond donors (Lipinski definition) is 2. The van der Waals surface area contributed by atoms with Crippen LogP contribution in [0.15, 0.2) is 58.3 Å². The number of carbonyl (C=O) groups excluding carboxylic acids is 1. The van der Waals surface area contributed by atoms with Gasteiger partial charge in [-0.25, -0.2) is 8.42 Å². The first kappa shape index (κ1) is 19.9. The summed E-state index contributed by atoms with van der Waals surface area (Å²) in [6, 6.07) is 10.9. The fourth-order valence-electron chi connectivity index (χ4n) is 2.02. The first-order valence-electron chi connectivity index (χ1n) is 7.38. The molecule has 2 aromatic rings. The Labute approximate surface area is 148 Å². The van der Waals surface area contributed by atoms with E-state index in [0.717, 1.165) is 29.8 Å². The number of halogens is 3. The van der Waals surface area contributed by atoms with Gasteiger partial charge in [0.25, 0.3) is 5.91 Å². The maximum absolute atomic E-state index is 12.6. The van der Waals surface area contributed by atoms with E-state index in [4.69, 9.17) is 0 Å². The summed E-state index contributed by atoms with van der Waals surface area (Å²) in [4.78, 5) is 11.6. The Morgan fingerprint density at radius 2 is 1.62 bits per heavy atom. The van der Waals surface area contributed by atoms with Crippen LogP contribution in [0, 0.1) is 6.92 Å². The molecule has 0 saturated carbocycles. The van der Waals surface area contributed by atoms with E-state index < -0.39 is 27.5 Å². The van der Waals surface area contributed by atoms with E-state index in [0.29, 0.717) is 6.92 Å². The first-order chi connectivity index (χ1) is 11.9. The smallest absolute Gasteiger partial charge is 0.373 e. The quantitative estimate of drug-likeness (QED) is 0.845.